The SMILES string of the molecule is COc1ccc(C[C@H](NC(=O)[C@H](O)NC(=O)C2Cc3ccccc3C2)C(=O)N[C@@H](Cc2ccccc2)C(=O)C(=O)NCc2ccccc2)cc1. The molecule has 4 aromatic rings. The minimum absolute atomic E-state index is 0.00975. The van der Waals surface area contributed by atoms with Crippen molar-refractivity contribution in [2.45, 2.75) is 50.5 Å². The minimum atomic E-state index is -1.94. The fourth-order valence-electron chi connectivity index (χ4n) is 5.87. The first-order chi connectivity index (χ1) is 24.2. The van der Waals surface area contributed by atoms with Crippen molar-refractivity contribution in [3.05, 3.63) is 137 Å². The van der Waals surface area contributed by atoms with Gasteiger partial charge >= 0.3 is 0 Å². The minimum Gasteiger partial charge on any atom is -0.497 e. The van der Waals surface area contributed by atoms with Crippen LogP contribution in [0.2, 0.25) is 0 Å². The highest BCUT2D eigenvalue weighted by Crippen LogP contribution is 2.26. The highest BCUT2D eigenvalue weighted by atomic mass is 16.5. The summed E-state index contributed by atoms with van der Waals surface area (Å²) in [6.45, 7) is 0.115. The van der Waals surface area contributed by atoms with Crippen molar-refractivity contribution in [2.24, 2.45) is 5.92 Å². The van der Waals surface area contributed by atoms with Crippen LogP contribution in [0.5, 0.6) is 5.75 Å². The molecule has 0 aliphatic heterocycles. The summed E-state index contributed by atoms with van der Waals surface area (Å²) in [6.07, 6.45) is -1.01. The number of rotatable bonds is 15. The van der Waals surface area contributed by atoms with Gasteiger partial charge in [-0.15, -0.1) is 0 Å². The molecular weight excluding hydrogens is 636 g/mol. The van der Waals surface area contributed by atoms with Crippen LogP contribution < -0.4 is 26.0 Å². The van der Waals surface area contributed by atoms with E-state index in [0.717, 1.165) is 16.7 Å². The second-order valence-corrected chi connectivity index (χ2v) is 12.2. The maximum Gasteiger partial charge on any atom is 0.289 e. The number of aliphatic hydroxyl groups is 1. The Morgan fingerprint density at radius 1 is 0.660 bits per heavy atom. The summed E-state index contributed by atoms with van der Waals surface area (Å²) in [5, 5.41) is 20.9. The molecule has 11 heteroatoms. The van der Waals surface area contributed by atoms with E-state index in [2.05, 4.69) is 21.3 Å². The topological polar surface area (TPSA) is 163 Å². The van der Waals surface area contributed by atoms with Gasteiger partial charge in [-0.3, -0.25) is 24.0 Å². The molecule has 5 rings (SSSR count). The lowest BCUT2D eigenvalue weighted by atomic mass is 9.99. The first-order valence-corrected chi connectivity index (χ1v) is 16.4. The molecule has 0 heterocycles. The van der Waals surface area contributed by atoms with E-state index in [1.807, 2.05) is 60.7 Å². The molecule has 50 heavy (non-hydrogen) atoms. The maximum atomic E-state index is 13.9. The predicted octanol–water partition coefficient (Wildman–Crippen LogP) is 2.19. The second-order valence-electron chi connectivity index (χ2n) is 12.2. The van der Waals surface area contributed by atoms with Gasteiger partial charge in [0.15, 0.2) is 0 Å². The number of methoxy groups -OCH3 is 1. The number of benzene rings is 4. The lowest BCUT2D eigenvalue weighted by Crippen LogP contribution is -2.58. The van der Waals surface area contributed by atoms with Crippen LogP contribution in [0.1, 0.15) is 27.8 Å². The molecule has 0 radical (unpaired) electrons. The number of ether oxygens (including phenoxy) is 1. The van der Waals surface area contributed by atoms with Crippen LogP contribution in [0.15, 0.2) is 109 Å². The number of ketones is 1. The Kier molecular flexibility index (Phi) is 12.1. The summed E-state index contributed by atoms with van der Waals surface area (Å²) in [5.41, 5.74) is 4.21. The number of fused-ring (bicyclic) bond motifs is 1. The van der Waals surface area contributed by atoms with Gasteiger partial charge in [-0.1, -0.05) is 97.1 Å². The first kappa shape index (κ1) is 35.5. The smallest absolute Gasteiger partial charge is 0.289 e. The van der Waals surface area contributed by atoms with Gasteiger partial charge < -0.3 is 31.1 Å². The number of hydrogen-bond donors (Lipinski definition) is 5. The van der Waals surface area contributed by atoms with Crippen LogP contribution in [0.4, 0.5) is 0 Å². The van der Waals surface area contributed by atoms with Crippen LogP contribution in [0.25, 0.3) is 0 Å². The maximum absolute atomic E-state index is 13.9. The van der Waals surface area contributed by atoms with E-state index in [1.165, 1.54) is 7.11 Å². The summed E-state index contributed by atoms with van der Waals surface area (Å²) in [7, 11) is 1.52. The quantitative estimate of drug-likeness (QED) is 0.0953. The van der Waals surface area contributed by atoms with Crippen LogP contribution in [0.3, 0.4) is 0 Å². The average Bonchev–Trinajstić information content (AvgIpc) is 3.59. The molecule has 0 saturated heterocycles. The largest absolute Gasteiger partial charge is 0.497 e. The summed E-state index contributed by atoms with van der Waals surface area (Å²) >= 11 is 0. The number of carbonyl (C=O) groups is 5. The van der Waals surface area contributed by atoms with Gasteiger partial charge in [-0.25, -0.2) is 0 Å². The monoisotopic (exact) mass is 676 g/mol. The van der Waals surface area contributed by atoms with Gasteiger partial charge in [0.2, 0.25) is 23.8 Å². The Bertz CT molecular complexity index is 1770. The number of nitrogens with one attached hydrogen (secondary N) is 4. The van der Waals surface area contributed by atoms with Gasteiger partial charge in [0, 0.05) is 25.3 Å². The second kappa shape index (κ2) is 17.0. The van der Waals surface area contributed by atoms with Gasteiger partial charge in [-0.2, -0.15) is 0 Å². The van der Waals surface area contributed by atoms with Crippen molar-refractivity contribution >= 4 is 29.4 Å². The molecule has 1 aliphatic carbocycles. The van der Waals surface area contributed by atoms with Crippen molar-refractivity contribution in [3.8, 4) is 5.75 Å². The zero-order chi connectivity index (χ0) is 35.5. The Morgan fingerprint density at radius 2 is 1.18 bits per heavy atom. The highest BCUT2D eigenvalue weighted by molar-refractivity contribution is 6.38. The molecule has 5 N–H and O–H groups in total. The summed E-state index contributed by atoms with van der Waals surface area (Å²) < 4.78 is 5.23. The van der Waals surface area contributed by atoms with Crippen LogP contribution >= 0.6 is 0 Å². The number of amides is 4. The van der Waals surface area contributed by atoms with Gasteiger partial charge in [0.05, 0.1) is 7.11 Å². The normalized spacial score (nSPS) is 14.0. The Morgan fingerprint density at radius 3 is 1.78 bits per heavy atom. The molecule has 0 aromatic heterocycles. The average molecular weight is 677 g/mol. The van der Waals surface area contributed by atoms with E-state index < -0.39 is 53.6 Å². The summed E-state index contributed by atoms with van der Waals surface area (Å²) in [5.74, 6) is -3.87. The van der Waals surface area contributed by atoms with Crippen molar-refractivity contribution < 1.29 is 33.8 Å². The summed E-state index contributed by atoms with van der Waals surface area (Å²) in [6, 6.07) is 29.9. The molecular formula is C39H40N4O7. The van der Waals surface area contributed by atoms with E-state index in [0.29, 0.717) is 29.7 Å². The Hall–Kier alpha value is -5.81. The van der Waals surface area contributed by atoms with Gasteiger partial charge in [0.1, 0.15) is 17.8 Å². The Labute approximate surface area is 290 Å². The molecule has 0 spiro atoms. The molecule has 0 bridgehead atoms. The molecule has 0 saturated carbocycles. The third kappa shape index (κ3) is 9.64. The molecule has 4 amide bonds. The highest BCUT2D eigenvalue weighted by Gasteiger charge is 2.33. The van der Waals surface area contributed by atoms with E-state index in [9.17, 15) is 29.1 Å². The molecule has 0 fully saturated rings. The van der Waals surface area contributed by atoms with Gasteiger partial charge in [-0.05, 0) is 52.8 Å². The van der Waals surface area contributed by atoms with E-state index in [4.69, 9.17) is 4.74 Å². The van der Waals surface area contributed by atoms with Crippen LogP contribution in [0, 0.1) is 5.92 Å². The molecule has 3 atom stereocenters. The fraction of sp³-hybridized carbons (Fsp3) is 0.256. The number of hydrogen-bond acceptors (Lipinski definition) is 7. The lowest BCUT2D eigenvalue weighted by Gasteiger charge is -2.24. The first-order valence-electron chi connectivity index (χ1n) is 16.4. The van der Waals surface area contributed by atoms with Gasteiger partial charge in [0.25, 0.3) is 11.8 Å². The molecule has 258 valence electrons. The third-order valence-electron chi connectivity index (χ3n) is 8.62. The van der Waals surface area contributed by atoms with E-state index >= 15 is 0 Å². The molecule has 0 unspecified atom stereocenters. The van der Waals surface area contributed by atoms with Crippen molar-refractivity contribution in [1.29, 1.82) is 0 Å². The van der Waals surface area contributed by atoms with Crippen LogP contribution in [-0.2, 0) is 56.2 Å². The van der Waals surface area contributed by atoms with E-state index in [1.54, 1.807) is 48.5 Å². The molecule has 11 nitrogen and oxygen atoms in total. The summed E-state index contributed by atoms with van der Waals surface area (Å²) in [4.78, 5) is 66.7. The zero-order valence-corrected chi connectivity index (χ0v) is 27.6. The number of aliphatic hydroxyl groups excluding tert-OH is 1. The van der Waals surface area contributed by atoms with Crippen molar-refractivity contribution in [3.63, 3.8) is 0 Å². The zero-order valence-electron chi connectivity index (χ0n) is 27.6. The van der Waals surface area contributed by atoms with E-state index in [-0.39, 0.29) is 19.4 Å². The fourth-order valence-corrected chi connectivity index (χ4v) is 5.87. The van der Waals surface area contributed by atoms with Crippen molar-refractivity contribution in [2.75, 3.05) is 7.11 Å². The number of carbonyl (C=O) groups excluding carboxylic acids is 5. The lowest BCUT2D eigenvalue weighted by molar-refractivity contribution is -0.141. The third-order valence-corrected chi connectivity index (χ3v) is 8.62. The number of Topliss-reactive ketones (excluding diaryl/α,β-unsaturated/α-hetero) is 1. The van der Waals surface area contributed by atoms with Crippen molar-refractivity contribution in [1.82, 2.24) is 21.3 Å². The standard InChI is InChI=1S/C39H40N4O7/c1-50-31-18-16-26(17-19-31)21-33(42-38(48)39(49)43-35(45)30-22-28-14-8-9-15-29(28)23-30)36(46)41-32(20-25-10-4-2-5-11-25)34(44)37(47)40-24-27-12-6-3-7-13-27/h2-19,30,32-33,39,49H,20-24H2,1H3,(H,40,47)(H,41,46)(H,42,48)(H,43,45)/t32-,33-,39-/m0/s1. The molecule has 1 aliphatic rings. The van der Waals surface area contributed by atoms with Crippen LogP contribution in [-0.4, -0.2) is 59.9 Å². The Balaban J connectivity index is 1.30. The molecule has 4 aromatic carbocycles. The predicted molar refractivity (Wildman–Crippen MR) is 185 cm³/mol.